The lowest BCUT2D eigenvalue weighted by Gasteiger charge is -2.19. The third-order valence-corrected chi connectivity index (χ3v) is 4.91. The molecule has 0 spiro atoms. The maximum Gasteiger partial charge on any atom is 0.128 e. The summed E-state index contributed by atoms with van der Waals surface area (Å²) in [4.78, 5) is 8.03. The van der Waals surface area contributed by atoms with Crippen molar-refractivity contribution in [2.45, 2.75) is 20.4 Å². The maximum absolute atomic E-state index is 4.50. The first-order valence-electron chi connectivity index (χ1n) is 6.41. The van der Waals surface area contributed by atoms with E-state index in [4.69, 9.17) is 0 Å². The van der Waals surface area contributed by atoms with Crippen molar-refractivity contribution in [1.29, 1.82) is 0 Å². The van der Waals surface area contributed by atoms with E-state index in [1.807, 2.05) is 6.20 Å². The molecule has 0 aliphatic rings. The molecule has 2 rings (SSSR count). The highest BCUT2D eigenvalue weighted by Gasteiger charge is 2.04. The summed E-state index contributed by atoms with van der Waals surface area (Å²) in [7, 11) is 0. The molecule has 0 amide bonds. The highest BCUT2D eigenvalue weighted by molar-refractivity contribution is 9.10. The molecule has 0 atom stereocenters. The molecule has 19 heavy (non-hydrogen) atoms. The normalized spacial score (nSPS) is 10.5. The zero-order chi connectivity index (χ0) is 13.7. The second kappa shape index (κ2) is 6.91. The van der Waals surface area contributed by atoms with Gasteiger partial charge in [0.15, 0.2) is 0 Å². The zero-order valence-electron chi connectivity index (χ0n) is 11.2. The van der Waals surface area contributed by atoms with Crippen LogP contribution in [-0.4, -0.2) is 18.1 Å². The fourth-order valence-electron chi connectivity index (χ4n) is 1.86. The van der Waals surface area contributed by atoms with Gasteiger partial charge in [0.05, 0.1) is 18.4 Å². The Hall–Kier alpha value is -1.07. The Kier molecular flexibility index (Phi) is 5.22. The quantitative estimate of drug-likeness (QED) is 0.847. The van der Waals surface area contributed by atoms with Crippen LogP contribution in [0.15, 0.2) is 34.2 Å². The van der Waals surface area contributed by atoms with Gasteiger partial charge in [-0.05, 0) is 53.4 Å². The molecule has 0 saturated carbocycles. The highest BCUT2D eigenvalue weighted by Crippen LogP contribution is 2.23. The van der Waals surface area contributed by atoms with Gasteiger partial charge in [-0.2, -0.15) is 0 Å². The second-order valence-electron chi connectivity index (χ2n) is 4.12. The fourth-order valence-corrected chi connectivity index (χ4v) is 3.29. The van der Waals surface area contributed by atoms with Crippen LogP contribution in [-0.2, 0) is 6.54 Å². The summed E-state index contributed by atoms with van der Waals surface area (Å²) < 4.78 is 1.16. The molecule has 0 aliphatic heterocycles. The first-order chi connectivity index (χ1) is 9.24. The van der Waals surface area contributed by atoms with E-state index in [-0.39, 0.29) is 0 Å². The summed E-state index contributed by atoms with van der Waals surface area (Å²) >= 11 is 5.28. The van der Waals surface area contributed by atoms with Crippen molar-refractivity contribution in [2.24, 2.45) is 0 Å². The minimum absolute atomic E-state index is 0.824. The van der Waals surface area contributed by atoms with Crippen molar-refractivity contribution >= 4 is 38.8 Å². The van der Waals surface area contributed by atoms with Gasteiger partial charge in [-0.25, -0.2) is 4.98 Å². The number of halogens is 1. The second-order valence-corrected chi connectivity index (χ2v) is 5.98. The van der Waals surface area contributed by atoms with E-state index >= 15 is 0 Å². The van der Waals surface area contributed by atoms with Crippen LogP contribution in [0.2, 0.25) is 0 Å². The Bertz CT molecular complexity index is 506. The summed E-state index contributed by atoms with van der Waals surface area (Å²) in [6, 6.07) is 6.23. The Labute approximate surface area is 126 Å². The number of pyridine rings is 1. The molecule has 102 valence electrons. The van der Waals surface area contributed by atoms with Gasteiger partial charge in [-0.1, -0.05) is 0 Å². The number of hydrogen-bond donors (Lipinski definition) is 1. The Morgan fingerprint density at radius 2 is 2.05 bits per heavy atom. The standard InChI is InChI=1S/C14H18BrN3S/c1-3-18(4-2)14-6-5-11(9-17-14)16-10-13-12(15)7-8-19-13/h5-9,16H,3-4,10H2,1-2H3. The Morgan fingerprint density at radius 1 is 1.26 bits per heavy atom. The SMILES string of the molecule is CCN(CC)c1ccc(NCc2sccc2Br)cn1. The monoisotopic (exact) mass is 339 g/mol. The molecule has 0 radical (unpaired) electrons. The molecule has 0 unspecified atom stereocenters. The number of thiophene rings is 1. The average molecular weight is 340 g/mol. The van der Waals surface area contributed by atoms with E-state index in [0.717, 1.165) is 35.6 Å². The van der Waals surface area contributed by atoms with Gasteiger partial charge in [0, 0.05) is 22.4 Å². The van der Waals surface area contributed by atoms with Crippen molar-refractivity contribution in [3.05, 3.63) is 39.1 Å². The number of anilines is 2. The molecule has 0 bridgehead atoms. The third kappa shape index (κ3) is 3.70. The van der Waals surface area contributed by atoms with Crippen LogP contribution in [0.25, 0.3) is 0 Å². The molecule has 0 saturated heterocycles. The Balaban J connectivity index is 1.97. The zero-order valence-corrected chi connectivity index (χ0v) is 13.6. The van der Waals surface area contributed by atoms with Gasteiger partial charge in [0.25, 0.3) is 0 Å². The number of hydrogen-bond acceptors (Lipinski definition) is 4. The first kappa shape index (κ1) is 14.3. The molecule has 2 aromatic rings. The third-order valence-electron chi connectivity index (χ3n) is 2.98. The predicted octanol–water partition coefficient (Wildman–Crippen LogP) is 4.36. The smallest absolute Gasteiger partial charge is 0.128 e. The number of rotatable bonds is 6. The summed E-state index contributed by atoms with van der Waals surface area (Å²) in [5.41, 5.74) is 1.05. The molecule has 2 aromatic heterocycles. The lowest BCUT2D eigenvalue weighted by atomic mass is 10.3. The van der Waals surface area contributed by atoms with Gasteiger partial charge < -0.3 is 10.2 Å². The van der Waals surface area contributed by atoms with Crippen LogP contribution < -0.4 is 10.2 Å². The van der Waals surface area contributed by atoms with Gasteiger partial charge in [-0.15, -0.1) is 11.3 Å². The van der Waals surface area contributed by atoms with E-state index in [0.29, 0.717) is 0 Å². The molecule has 1 N–H and O–H groups in total. The lowest BCUT2D eigenvalue weighted by molar-refractivity contribution is 0.846. The van der Waals surface area contributed by atoms with Crippen LogP contribution in [0.4, 0.5) is 11.5 Å². The summed E-state index contributed by atoms with van der Waals surface area (Å²) in [6.45, 7) is 7.08. The van der Waals surface area contributed by atoms with E-state index in [2.05, 4.69) is 68.6 Å². The molecule has 0 aromatic carbocycles. The van der Waals surface area contributed by atoms with Crippen molar-refractivity contribution in [3.63, 3.8) is 0 Å². The Morgan fingerprint density at radius 3 is 2.58 bits per heavy atom. The van der Waals surface area contributed by atoms with Crippen molar-refractivity contribution in [2.75, 3.05) is 23.3 Å². The summed E-state index contributed by atoms with van der Waals surface area (Å²) in [5.74, 6) is 1.04. The molecule has 0 fully saturated rings. The molecule has 5 heteroatoms. The van der Waals surface area contributed by atoms with E-state index in [9.17, 15) is 0 Å². The lowest BCUT2D eigenvalue weighted by Crippen LogP contribution is -2.22. The molecular formula is C14H18BrN3S. The van der Waals surface area contributed by atoms with Crippen LogP contribution in [0, 0.1) is 0 Å². The van der Waals surface area contributed by atoms with Gasteiger partial charge >= 0.3 is 0 Å². The maximum atomic E-state index is 4.50. The van der Waals surface area contributed by atoms with Gasteiger partial charge in [0.2, 0.25) is 0 Å². The topological polar surface area (TPSA) is 28.2 Å². The molecule has 2 heterocycles. The van der Waals surface area contributed by atoms with Gasteiger partial charge in [-0.3, -0.25) is 0 Å². The van der Waals surface area contributed by atoms with Gasteiger partial charge in [0.1, 0.15) is 5.82 Å². The predicted molar refractivity (Wildman–Crippen MR) is 87.1 cm³/mol. The number of nitrogens with one attached hydrogen (secondary N) is 1. The van der Waals surface area contributed by atoms with E-state index in [1.165, 1.54) is 4.88 Å². The van der Waals surface area contributed by atoms with Crippen LogP contribution in [0.5, 0.6) is 0 Å². The van der Waals surface area contributed by atoms with E-state index < -0.39 is 0 Å². The van der Waals surface area contributed by atoms with Crippen molar-refractivity contribution in [1.82, 2.24) is 4.98 Å². The molecular weight excluding hydrogens is 322 g/mol. The average Bonchev–Trinajstić information content (AvgIpc) is 2.85. The van der Waals surface area contributed by atoms with Crippen LogP contribution >= 0.6 is 27.3 Å². The van der Waals surface area contributed by atoms with Crippen LogP contribution in [0.3, 0.4) is 0 Å². The molecule has 3 nitrogen and oxygen atoms in total. The fraction of sp³-hybridized carbons (Fsp3) is 0.357. The van der Waals surface area contributed by atoms with E-state index in [1.54, 1.807) is 11.3 Å². The largest absolute Gasteiger partial charge is 0.379 e. The minimum atomic E-state index is 0.824. The first-order valence-corrected chi connectivity index (χ1v) is 8.08. The summed E-state index contributed by atoms with van der Waals surface area (Å²) in [6.07, 6.45) is 1.90. The summed E-state index contributed by atoms with van der Waals surface area (Å²) in [5, 5.41) is 5.48. The number of aromatic nitrogens is 1. The van der Waals surface area contributed by atoms with Crippen molar-refractivity contribution < 1.29 is 0 Å². The molecule has 0 aliphatic carbocycles. The van der Waals surface area contributed by atoms with Crippen molar-refractivity contribution in [3.8, 4) is 0 Å². The number of nitrogens with zero attached hydrogens (tertiary/aromatic N) is 2. The van der Waals surface area contributed by atoms with Crippen LogP contribution in [0.1, 0.15) is 18.7 Å². The minimum Gasteiger partial charge on any atom is -0.379 e. The highest BCUT2D eigenvalue weighted by atomic mass is 79.9.